The first-order valence-corrected chi connectivity index (χ1v) is 11.1. The summed E-state index contributed by atoms with van der Waals surface area (Å²) in [7, 11) is 7.18. The first-order chi connectivity index (χ1) is 14.6. The summed E-state index contributed by atoms with van der Waals surface area (Å²) in [6, 6.07) is -0.124. The van der Waals surface area contributed by atoms with Gasteiger partial charge in [-0.05, 0) is 32.9 Å². The van der Waals surface area contributed by atoms with Gasteiger partial charge in [-0.25, -0.2) is 0 Å². The summed E-state index contributed by atoms with van der Waals surface area (Å²) in [4.78, 5) is 40.4. The predicted octanol–water partition coefficient (Wildman–Crippen LogP) is 1.21. The van der Waals surface area contributed by atoms with Crippen LogP contribution in [0.5, 0.6) is 0 Å². The Bertz CT molecular complexity index is 600. The molecule has 0 bridgehead atoms. The van der Waals surface area contributed by atoms with Crippen molar-refractivity contribution in [2.75, 3.05) is 41.4 Å². The number of nitrogens with zero attached hydrogens (tertiary/aromatic N) is 2. The minimum Gasteiger partial charge on any atom is -0.480 e. The molecule has 0 aromatic carbocycles. The van der Waals surface area contributed by atoms with Crippen molar-refractivity contribution in [1.82, 2.24) is 15.1 Å². The lowest BCUT2D eigenvalue weighted by atomic mass is 9.91. The van der Waals surface area contributed by atoms with Gasteiger partial charge in [0.2, 0.25) is 11.8 Å². The average Bonchev–Trinajstić information content (AvgIpc) is 3.20. The van der Waals surface area contributed by atoms with Gasteiger partial charge in [0, 0.05) is 26.8 Å². The number of hydrogen-bond acceptors (Lipinski definition) is 6. The molecule has 1 rings (SSSR count). The van der Waals surface area contributed by atoms with Crippen LogP contribution >= 0.6 is 0 Å². The van der Waals surface area contributed by atoms with Crippen molar-refractivity contribution in [2.45, 2.75) is 70.7 Å². The number of carboxylic acid groups (broad SMARTS) is 1. The van der Waals surface area contributed by atoms with Crippen molar-refractivity contribution in [3.63, 3.8) is 0 Å². The highest BCUT2D eigenvalue weighted by molar-refractivity contribution is 5.83. The Morgan fingerprint density at radius 2 is 1.84 bits per heavy atom. The van der Waals surface area contributed by atoms with E-state index >= 15 is 0 Å². The summed E-state index contributed by atoms with van der Waals surface area (Å²) >= 11 is 0. The fourth-order valence-electron chi connectivity index (χ4n) is 4.69. The van der Waals surface area contributed by atoms with E-state index in [1.165, 1.54) is 7.11 Å². The van der Waals surface area contributed by atoms with Crippen LogP contribution in [0.4, 0.5) is 0 Å². The Labute approximate surface area is 186 Å². The molecule has 1 heterocycles. The molecule has 0 aliphatic carbocycles. The second kappa shape index (κ2) is 13.0. The Morgan fingerprint density at radius 1 is 1.19 bits per heavy atom. The topological polar surface area (TPSA) is 108 Å². The summed E-state index contributed by atoms with van der Waals surface area (Å²) in [5, 5.41) is 11.2. The Morgan fingerprint density at radius 3 is 2.32 bits per heavy atom. The van der Waals surface area contributed by atoms with E-state index in [0.29, 0.717) is 12.5 Å². The highest BCUT2D eigenvalue weighted by atomic mass is 16.5. The summed E-state index contributed by atoms with van der Waals surface area (Å²) in [5.74, 6) is -1.73. The van der Waals surface area contributed by atoms with Crippen LogP contribution in [0, 0.1) is 11.8 Å². The number of ether oxygens (including phenoxy) is 2. The molecule has 2 amide bonds. The van der Waals surface area contributed by atoms with Crippen LogP contribution in [0.3, 0.4) is 0 Å². The second-order valence-corrected chi connectivity index (χ2v) is 8.72. The number of amides is 2. The van der Waals surface area contributed by atoms with Crippen molar-refractivity contribution in [1.29, 1.82) is 0 Å². The van der Waals surface area contributed by atoms with Gasteiger partial charge in [-0.3, -0.25) is 14.4 Å². The summed E-state index contributed by atoms with van der Waals surface area (Å²) in [6.45, 7) is 6.17. The molecular weight excluding hydrogens is 402 g/mol. The fourth-order valence-corrected chi connectivity index (χ4v) is 4.69. The number of likely N-dealkylation sites (tertiary alicyclic amines) is 1. The lowest BCUT2D eigenvalue weighted by Crippen LogP contribution is -2.52. The van der Waals surface area contributed by atoms with Gasteiger partial charge in [-0.2, -0.15) is 0 Å². The van der Waals surface area contributed by atoms with Gasteiger partial charge < -0.3 is 29.7 Å². The van der Waals surface area contributed by atoms with E-state index in [1.807, 2.05) is 19.0 Å². The standard InChI is InChI=1S/C22H41N3O6/c1-8-14(2)20(24(4)5)17(30-6)12-18(26)25-11-9-10-16(25)21(31-7)15(3)22(29)23-13-19(27)28/h14-17,20-21H,8-13H2,1-7H3,(H,23,29)(H,27,28). The van der Waals surface area contributed by atoms with E-state index in [4.69, 9.17) is 14.6 Å². The molecule has 0 aromatic heterocycles. The molecule has 2 N–H and O–H groups in total. The molecule has 0 spiro atoms. The second-order valence-electron chi connectivity index (χ2n) is 8.72. The number of hydrogen-bond donors (Lipinski definition) is 2. The van der Waals surface area contributed by atoms with Gasteiger partial charge in [0.05, 0.1) is 30.6 Å². The average molecular weight is 444 g/mol. The van der Waals surface area contributed by atoms with Crippen LogP contribution in [0.15, 0.2) is 0 Å². The molecule has 0 radical (unpaired) electrons. The minimum atomic E-state index is -1.10. The highest BCUT2D eigenvalue weighted by Crippen LogP contribution is 2.28. The predicted molar refractivity (Wildman–Crippen MR) is 118 cm³/mol. The van der Waals surface area contributed by atoms with E-state index in [-0.39, 0.29) is 30.5 Å². The van der Waals surface area contributed by atoms with Gasteiger partial charge in [-0.15, -0.1) is 0 Å². The van der Waals surface area contributed by atoms with Crippen LogP contribution in [-0.4, -0.2) is 98.4 Å². The molecule has 180 valence electrons. The normalized spacial score (nSPS) is 21.4. The quantitative estimate of drug-likeness (QED) is 0.440. The molecule has 9 heteroatoms. The summed E-state index contributed by atoms with van der Waals surface area (Å²) in [5.41, 5.74) is 0. The van der Waals surface area contributed by atoms with Gasteiger partial charge in [0.25, 0.3) is 0 Å². The first kappa shape index (κ1) is 27.3. The zero-order valence-electron chi connectivity index (χ0n) is 20.1. The van der Waals surface area contributed by atoms with Crippen LogP contribution in [0.2, 0.25) is 0 Å². The summed E-state index contributed by atoms with van der Waals surface area (Å²) in [6.07, 6.45) is 2.06. The largest absolute Gasteiger partial charge is 0.480 e. The zero-order valence-corrected chi connectivity index (χ0v) is 20.1. The third-order valence-electron chi connectivity index (χ3n) is 6.47. The van der Waals surface area contributed by atoms with E-state index in [9.17, 15) is 14.4 Å². The van der Waals surface area contributed by atoms with Gasteiger partial charge in [0.1, 0.15) is 6.54 Å². The molecule has 0 saturated carbocycles. The van der Waals surface area contributed by atoms with E-state index in [1.54, 1.807) is 14.0 Å². The van der Waals surface area contributed by atoms with E-state index < -0.39 is 30.4 Å². The third kappa shape index (κ3) is 7.43. The van der Waals surface area contributed by atoms with Crippen molar-refractivity contribution in [3.8, 4) is 0 Å². The third-order valence-corrected chi connectivity index (χ3v) is 6.47. The van der Waals surface area contributed by atoms with Crippen molar-refractivity contribution in [3.05, 3.63) is 0 Å². The van der Waals surface area contributed by atoms with Gasteiger partial charge >= 0.3 is 5.97 Å². The van der Waals surface area contributed by atoms with Gasteiger partial charge in [-0.1, -0.05) is 27.2 Å². The Balaban J connectivity index is 2.93. The monoisotopic (exact) mass is 443 g/mol. The summed E-state index contributed by atoms with van der Waals surface area (Å²) < 4.78 is 11.4. The Kier molecular flexibility index (Phi) is 11.4. The molecule has 1 saturated heterocycles. The van der Waals surface area contributed by atoms with Crippen LogP contribution in [-0.2, 0) is 23.9 Å². The number of carboxylic acids is 1. The molecule has 1 fully saturated rings. The van der Waals surface area contributed by atoms with Crippen molar-refractivity contribution < 1.29 is 29.0 Å². The maximum Gasteiger partial charge on any atom is 0.322 e. The highest BCUT2D eigenvalue weighted by Gasteiger charge is 2.41. The van der Waals surface area contributed by atoms with E-state index in [0.717, 1.165) is 19.3 Å². The van der Waals surface area contributed by atoms with Gasteiger partial charge in [0.15, 0.2) is 0 Å². The number of nitrogens with one attached hydrogen (secondary N) is 1. The minimum absolute atomic E-state index is 0.00954. The maximum absolute atomic E-state index is 13.3. The molecule has 31 heavy (non-hydrogen) atoms. The van der Waals surface area contributed by atoms with Crippen LogP contribution in [0.1, 0.15) is 46.5 Å². The number of methoxy groups -OCH3 is 2. The number of likely N-dealkylation sites (N-methyl/N-ethyl adjacent to an activating group) is 1. The lowest BCUT2D eigenvalue weighted by Gasteiger charge is -2.38. The molecule has 0 aromatic rings. The molecular formula is C22H41N3O6. The van der Waals surface area contributed by atoms with Crippen molar-refractivity contribution in [2.24, 2.45) is 11.8 Å². The SMILES string of the molecule is CCC(C)C(C(CC(=O)N1CCCC1C(OC)C(C)C(=O)NCC(=O)O)OC)N(C)C. The smallest absolute Gasteiger partial charge is 0.322 e. The number of aliphatic carboxylic acids is 1. The number of carbonyl (C=O) groups excluding carboxylic acids is 2. The molecule has 6 unspecified atom stereocenters. The lowest BCUT2D eigenvalue weighted by molar-refractivity contribution is -0.143. The fraction of sp³-hybridized carbons (Fsp3) is 0.864. The number of rotatable bonds is 13. The van der Waals surface area contributed by atoms with Crippen LogP contribution in [0.25, 0.3) is 0 Å². The molecule has 1 aliphatic heterocycles. The maximum atomic E-state index is 13.3. The van der Waals surface area contributed by atoms with E-state index in [2.05, 4.69) is 24.1 Å². The first-order valence-electron chi connectivity index (χ1n) is 11.1. The number of carbonyl (C=O) groups is 3. The molecule has 1 aliphatic rings. The molecule has 9 nitrogen and oxygen atoms in total. The Hall–Kier alpha value is -1.71. The van der Waals surface area contributed by atoms with Crippen LogP contribution < -0.4 is 5.32 Å². The zero-order chi connectivity index (χ0) is 23.7. The van der Waals surface area contributed by atoms with Crippen molar-refractivity contribution >= 4 is 17.8 Å². The molecule has 6 atom stereocenters.